The van der Waals surface area contributed by atoms with Crippen LogP contribution in [0.4, 0.5) is 0 Å². The van der Waals surface area contributed by atoms with Gasteiger partial charge in [0.1, 0.15) is 13.2 Å². The van der Waals surface area contributed by atoms with Gasteiger partial charge in [0.2, 0.25) is 5.91 Å². The lowest BCUT2D eigenvalue weighted by Gasteiger charge is -2.30. The van der Waals surface area contributed by atoms with Crippen LogP contribution in [0.5, 0.6) is 0 Å². The third kappa shape index (κ3) is 42.3. The van der Waals surface area contributed by atoms with Crippen LogP contribution >= 0.6 is 7.82 Å². The lowest BCUT2D eigenvalue weighted by Crippen LogP contribution is -2.46. The number of nitrogens with zero attached hydrogens (tertiary/aromatic N) is 1. The van der Waals surface area contributed by atoms with Crippen LogP contribution in [0, 0.1) is 0 Å². The Morgan fingerprint density at radius 1 is 0.603 bits per heavy atom. The fourth-order valence-corrected chi connectivity index (χ4v) is 7.30. The molecule has 0 spiro atoms. The molecule has 0 aromatic rings. The van der Waals surface area contributed by atoms with Gasteiger partial charge in [0.05, 0.1) is 39.9 Å². The molecule has 0 saturated carbocycles. The van der Waals surface area contributed by atoms with Gasteiger partial charge in [0, 0.05) is 6.42 Å². The van der Waals surface area contributed by atoms with Crippen LogP contribution in [0.15, 0.2) is 60.8 Å². The molecule has 0 fully saturated rings. The molecule has 0 aliphatic rings. The van der Waals surface area contributed by atoms with Crippen molar-refractivity contribution < 1.29 is 32.9 Å². The van der Waals surface area contributed by atoms with Gasteiger partial charge in [0.15, 0.2) is 0 Å². The zero-order chi connectivity index (χ0) is 42.8. The van der Waals surface area contributed by atoms with Crippen LogP contribution in [0.1, 0.15) is 194 Å². The first-order chi connectivity index (χ1) is 28.0. The summed E-state index contributed by atoms with van der Waals surface area (Å²) in [6.45, 7) is 4.53. The number of carbonyl (C=O) groups excluding carboxylic acids is 1. The number of amides is 1. The maximum absolute atomic E-state index is 12.8. The second kappa shape index (κ2) is 40.6. The number of carbonyl (C=O) groups is 1. The number of quaternary nitrogens is 1. The summed E-state index contributed by atoms with van der Waals surface area (Å²) >= 11 is 0. The van der Waals surface area contributed by atoms with Gasteiger partial charge in [0.25, 0.3) is 7.82 Å². The first-order valence-corrected chi connectivity index (χ1v) is 25.1. The van der Waals surface area contributed by atoms with Crippen LogP contribution in [0.3, 0.4) is 0 Å². The highest BCUT2D eigenvalue weighted by Crippen LogP contribution is 2.38. The lowest BCUT2D eigenvalue weighted by molar-refractivity contribution is -0.870. The van der Waals surface area contributed by atoms with Crippen LogP contribution < -0.4 is 10.2 Å². The molecule has 0 saturated heterocycles. The molecule has 8 nitrogen and oxygen atoms in total. The SMILES string of the molecule is CC/C=C\C/C=C\C/C=C\C/C=C\C/C=C\CC(=O)NC(COP(=O)([O-])OCC[N+](C)(C)C)C(O)CCCCCCCCCCCCCCCCCCCCCCC. The fourth-order valence-electron chi connectivity index (χ4n) is 6.58. The third-order valence-electron chi connectivity index (χ3n) is 10.3. The normalized spacial score (nSPS) is 14.8. The number of aliphatic hydroxyl groups excluding tert-OH is 1. The van der Waals surface area contributed by atoms with Crippen molar-refractivity contribution in [2.24, 2.45) is 0 Å². The summed E-state index contributed by atoms with van der Waals surface area (Å²) in [5.74, 6) is -0.292. The molecule has 0 aliphatic carbocycles. The molecule has 0 bridgehead atoms. The van der Waals surface area contributed by atoms with Gasteiger partial charge >= 0.3 is 0 Å². The molecule has 0 aromatic carbocycles. The number of allylic oxidation sites excluding steroid dienone is 9. The summed E-state index contributed by atoms with van der Waals surface area (Å²) in [7, 11) is 1.24. The quantitative estimate of drug-likeness (QED) is 0.0274. The van der Waals surface area contributed by atoms with Gasteiger partial charge in [-0.25, -0.2) is 0 Å². The molecule has 1 amide bonds. The minimum atomic E-state index is -4.59. The van der Waals surface area contributed by atoms with Crippen molar-refractivity contribution in [3.63, 3.8) is 0 Å². The maximum Gasteiger partial charge on any atom is 0.268 e. The van der Waals surface area contributed by atoms with E-state index in [4.69, 9.17) is 9.05 Å². The summed E-state index contributed by atoms with van der Waals surface area (Å²) in [5.41, 5.74) is 0. The van der Waals surface area contributed by atoms with Gasteiger partial charge in [-0.15, -0.1) is 0 Å². The average molecular weight is 835 g/mol. The Morgan fingerprint density at radius 3 is 1.38 bits per heavy atom. The monoisotopic (exact) mass is 835 g/mol. The van der Waals surface area contributed by atoms with Crippen molar-refractivity contribution in [3.05, 3.63) is 60.8 Å². The van der Waals surface area contributed by atoms with E-state index in [0.29, 0.717) is 23.9 Å². The van der Waals surface area contributed by atoms with Crippen molar-refractivity contribution in [1.29, 1.82) is 0 Å². The molecule has 0 aliphatic heterocycles. The summed E-state index contributed by atoms with van der Waals surface area (Å²) in [6, 6.07) is -0.857. The number of rotatable bonds is 42. The van der Waals surface area contributed by atoms with Gasteiger partial charge in [-0.2, -0.15) is 0 Å². The number of aliphatic hydroxyl groups is 1. The molecule has 0 aromatic heterocycles. The summed E-state index contributed by atoms with van der Waals surface area (Å²) in [6.07, 6.45) is 52.7. The molecule has 3 unspecified atom stereocenters. The smallest absolute Gasteiger partial charge is 0.268 e. The fraction of sp³-hybridized carbons (Fsp3) is 0.776. The molecule has 0 radical (unpaired) electrons. The highest BCUT2D eigenvalue weighted by Gasteiger charge is 2.24. The van der Waals surface area contributed by atoms with Gasteiger partial charge in [-0.05, 0) is 38.5 Å². The molecule has 0 heterocycles. The number of likely N-dealkylation sites (N-methyl/N-ethyl adjacent to an activating group) is 1. The zero-order valence-corrected chi connectivity index (χ0v) is 39.1. The van der Waals surface area contributed by atoms with E-state index in [1.54, 1.807) is 6.08 Å². The van der Waals surface area contributed by atoms with Crippen molar-refractivity contribution >= 4 is 13.7 Å². The van der Waals surface area contributed by atoms with Gasteiger partial charge in [-0.1, -0.05) is 209 Å². The number of nitrogens with one attached hydrogen (secondary N) is 1. The Kier molecular flexibility index (Phi) is 39.3. The second-order valence-electron chi connectivity index (χ2n) is 17.1. The number of hydrogen-bond acceptors (Lipinski definition) is 6. The van der Waals surface area contributed by atoms with E-state index in [0.717, 1.165) is 44.9 Å². The maximum atomic E-state index is 12.8. The Morgan fingerprint density at radius 2 is 0.983 bits per heavy atom. The zero-order valence-electron chi connectivity index (χ0n) is 38.2. The predicted octanol–water partition coefficient (Wildman–Crippen LogP) is 12.8. The first kappa shape index (κ1) is 56.2. The van der Waals surface area contributed by atoms with E-state index in [1.807, 2.05) is 27.2 Å². The Balaban J connectivity index is 4.40. The first-order valence-electron chi connectivity index (χ1n) is 23.6. The molecule has 58 heavy (non-hydrogen) atoms. The highest BCUT2D eigenvalue weighted by atomic mass is 31.2. The van der Waals surface area contributed by atoms with Crippen molar-refractivity contribution in [2.75, 3.05) is 40.9 Å². The van der Waals surface area contributed by atoms with Crippen molar-refractivity contribution in [2.45, 2.75) is 206 Å². The Bertz CT molecular complexity index is 1130. The molecule has 338 valence electrons. The van der Waals surface area contributed by atoms with E-state index in [9.17, 15) is 19.4 Å². The summed E-state index contributed by atoms with van der Waals surface area (Å²) < 4.78 is 23.2. The average Bonchev–Trinajstić information content (AvgIpc) is 3.17. The number of hydrogen-bond donors (Lipinski definition) is 2. The van der Waals surface area contributed by atoms with Crippen LogP contribution in [0.25, 0.3) is 0 Å². The Labute approximate surface area is 358 Å². The topological polar surface area (TPSA) is 108 Å². The molecule has 3 atom stereocenters. The molecule has 9 heteroatoms. The Hall–Kier alpha value is -1.80. The lowest BCUT2D eigenvalue weighted by atomic mass is 10.0. The largest absolute Gasteiger partial charge is 0.756 e. The summed E-state index contributed by atoms with van der Waals surface area (Å²) in [4.78, 5) is 25.3. The predicted molar refractivity (Wildman–Crippen MR) is 247 cm³/mol. The van der Waals surface area contributed by atoms with Crippen molar-refractivity contribution in [3.8, 4) is 0 Å². The standard InChI is InChI=1S/C49H91N2O6P/c1-6-8-10-12-14-16-18-20-22-23-24-25-26-27-29-30-32-34-36-38-40-42-48(52)47(46-57-58(54,55)56-45-44-51(3,4)5)50-49(53)43-41-39-37-35-33-31-28-21-19-17-15-13-11-9-7-2/h9,11,15,17,21,28,33,35,39,41,47-48,52H,6-8,10,12-14,16,18-20,22-27,29-32,34,36-38,40,42-46H2,1-5H3,(H-,50,53,54,55)/b11-9-,17-15-,28-21-,35-33-,41-39-. The third-order valence-corrected chi connectivity index (χ3v) is 11.3. The molecule has 2 N–H and O–H groups in total. The number of phosphoric ester groups is 1. The van der Waals surface area contributed by atoms with E-state index in [1.165, 1.54) is 116 Å². The number of phosphoric acid groups is 1. The highest BCUT2D eigenvalue weighted by molar-refractivity contribution is 7.45. The van der Waals surface area contributed by atoms with Crippen LogP contribution in [0.2, 0.25) is 0 Å². The minimum absolute atomic E-state index is 0.00658. The van der Waals surface area contributed by atoms with Gasteiger partial charge in [-0.3, -0.25) is 9.36 Å². The van der Waals surface area contributed by atoms with Crippen LogP contribution in [-0.2, 0) is 18.4 Å². The molecular weight excluding hydrogens is 744 g/mol. The second-order valence-corrected chi connectivity index (χ2v) is 18.5. The van der Waals surface area contributed by atoms with Crippen molar-refractivity contribution in [1.82, 2.24) is 5.32 Å². The molecule has 0 rings (SSSR count). The van der Waals surface area contributed by atoms with E-state index >= 15 is 0 Å². The van der Waals surface area contributed by atoms with Crippen LogP contribution in [-0.4, -0.2) is 68.5 Å². The van der Waals surface area contributed by atoms with Gasteiger partial charge < -0.3 is 28.8 Å². The number of unbranched alkanes of at least 4 members (excludes halogenated alkanes) is 20. The summed E-state index contributed by atoms with van der Waals surface area (Å²) in [5, 5.41) is 13.8. The molecular formula is C49H91N2O6P. The van der Waals surface area contributed by atoms with E-state index in [2.05, 4.69) is 67.8 Å². The minimum Gasteiger partial charge on any atom is -0.756 e. The van der Waals surface area contributed by atoms with E-state index < -0.39 is 20.0 Å². The van der Waals surface area contributed by atoms with E-state index in [-0.39, 0.29) is 25.5 Å².